The van der Waals surface area contributed by atoms with Gasteiger partial charge < -0.3 is 9.88 Å². The van der Waals surface area contributed by atoms with Gasteiger partial charge in [-0.15, -0.1) is 0 Å². The van der Waals surface area contributed by atoms with Crippen molar-refractivity contribution in [2.45, 2.75) is 13.0 Å². The number of hydrogen-bond donors (Lipinski definition) is 1. The van der Waals surface area contributed by atoms with Crippen molar-refractivity contribution in [1.29, 1.82) is 0 Å². The van der Waals surface area contributed by atoms with E-state index >= 15 is 0 Å². The fraction of sp³-hybridized carbons (Fsp3) is 0.438. The zero-order valence-corrected chi connectivity index (χ0v) is 14.5. The predicted octanol–water partition coefficient (Wildman–Crippen LogP) is 0.917. The highest BCUT2D eigenvalue weighted by atomic mass is 32.2. The Bertz CT molecular complexity index is 937. The smallest absolute Gasteiger partial charge is 0.256 e. The van der Waals surface area contributed by atoms with Crippen LogP contribution in [0.25, 0.3) is 10.8 Å². The fourth-order valence-corrected chi connectivity index (χ4v) is 4.54. The first kappa shape index (κ1) is 17.1. The first-order chi connectivity index (χ1) is 11.3. The van der Waals surface area contributed by atoms with E-state index in [0.717, 1.165) is 5.56 Å². The molecule has 0 saturated heterocycles. The largest absolute Gasteiger partial charge is 0.324 e. The van der Waals surface area contributed by atoms with Crippen LogP contribution in [0.3, 0.4) is 0 Å². The summed E-state index contributed by atoms with van der Waals surface area (Å²) in [6, 6.07) is 4.13. The van der Waals surface area contributed by atoms with Crippen molar-refractivity contribution in [3.63, 3.8) is 0 Å². The van der Waals surface area contributed by atoms with Crippen molar-refractivity contribution in [3.05, 3.63) is 45.6 Å². The van der Waals surface area contributed by atoms with Crippen molar-refractivity contribution >= 4 is 20.8 Å². The van der Waals surface area contributed by atoms with E-state index in [2.05, 4.69) is 4.98 Å². The summed E-state index contributed by atoms with van der Waals surface area (Å²) in [6.45, 7) is 0.953. The van der Waals surface area contributed by atoms with Gasteiger partial charge in [0.2, 0.25) is 10.0 Å². The molecule has 2 aromatic rings. The van der Waals surface area contributed by atoms with Crippen LogP contribution >= 0.6 is 0 Å². The topological polar surface area (TPSA) is 73.5 Å². The number of H-pyrrole nitrogens is 1. The molecular formula is C16H20FN3O3S. The molecule has 8 heteroatoms. The Kier molecular flexibility index (Phi) is 4.46. The third-order valence-electron chi connectivity index (χ3n) is 4.32. The Hall–Kier alpha value is -1.77. The molecule has 0 atom stereocenters. The van der Waals surface area contributed by atoms with Gasteiger partial charge in [-0.3, -0.25) is 4.79 Å². The number of sulfonamides is 1. The van der Waals surface area contributed by atoms with Gasteiger partial charge in [-0.2, -0.15) is 4.31 Å². The van der Waals surface area contributed by atoms with Crippen LogP contribution in [0.5, 0.6) is 0 Å². The van der Waals surface area contributed by atoms with Crippen molar-refractivity contribution in [2.75, 3.05) is 32.9 Å². The molecular weight excluding hydrogens is 333 g/mol. The summed E-state index contributed by atoms with van der Waals surface area (Å²) in [7, 11) is 0.262. The lowest BCUT2D eigenvalue weighted by Crippen LogP contribution is -2.40. The zero-order valence-electron chi connectivity index (χ0n) is 13.7. The average Bonchev–Trinajstić information content (AvgIpc) is 2.53. The van der Waals surface area contributed by atoms with Crippen molar-refractivity contribution < 1.29 is 12.8 Å². The molecule has 6 nitrogen and oxygen atoms in total. The molecule has 0 spiro atoms. The summed E-state index contributed by atoms with van der Waals surface area (Å²) >= 11 is 0. The standard InChI is InChI=1S/C16H20FN3O3S/c1-19(2)7-8-24(22,23)20-6-5-13-12-4-3-11(17)9-14(12)16(21)18-15(13)10-20/h3-4,9H,5-8,10H2,1-2H3,(H,18,21). The molecule has 0 fully saturated rings. The van der Waals surface area contributed by atoms with E-state index in [1.807, 2.05) is 19.0 Å². The maximum Gasteiger partial charge on any atom is 0.256 e. The van der Waals surface area contributed by atoms with E-state index in [1.165, 1.54) is 16.4 Å². The van der Waals surface area contributed by atoms with E-state index in [4.69, 9.17) is 0 Å². The number of halogens is 1. The highest BCUT2D eigenvalue weighted by Gasteiger charge is 2.28. The molecule has 24 heavy (non-hydrogen) atoms. The average molecular weight is 353 g/mol. The van der Waals surface area contributed by atoms with Gasteiger partial charge in [0, 0.05) is 18.8 Å². The Balaban J connectivity index is 1.96. The van der Waals surface area contributed by atoms with E-state index in [9.17, 15) is 17.6 Å². The normalized spacial score (nSPS) is 15.8. The summed E-state index contributed by atoms with van der Waals surface area (Å²) in [4.78, 5) is 16.7. The van der Waals surface area contributed by atoms with Crippen LogP contribution in [-0.4, -0.2) is 55.5 Å². The van der Waals surface area contributed by atoms with Crippen molar-refractivity contribution in [3.8, 4) is 0 Å². The van der Waals surface area contributed by atoms with Crippen molar-refractivity contribution in [2.24, 2.45) is 0 Å². The highest BCUT2D eigenvalue weighted by molar-refractivity contribution is 7.89. The van der Waals surface area contributed by atoms with Crippen LogP contribution in [0.1, 0.15) is 11.3 Å². The minimum absolute atomic E-state index is 0.0400. The quantitative estimate of drug-likeness (QED) is 0.887. The predicted molar refractivity (Wildman–Crippen MR) is 91.0 cm³/mol. The van der Waals surface area contributed by atoms with Crippen LogP contribution < -0.4 is 5.56 Å². The number of aromatic amines is 1. The maximum atomic E-state index is 13.4. The summed E-state index contributed by atoms with van der Waals surface area (Å²) < 4.78 is 39.7. The number of hydrogen-bond acceptors (Lipinski definition) is 4. The van der Waals surface area contributed by atoms with Crippen LogP contribution in [0.4, 0.5) is 4.39 Å². The van der Waals surface area contributed by atoms with Gasteiger partial charge in [-0.1, -0.05) is 6.07 Å². The molecule has 0 aliphatic carbocycles. The number of rotatable bonds is 4. The maximum absolute atomic E-state index is 13.4. The summed E-state index contributed by atoms with van der Waals surface area (Å²) in [5.74, 6) is -0.421. The Labute approximate surface area is 139 Å². The van der Waals surface area contributed by atoms with E-state index in [0.29, 0.717) is 36.0 Å². The fourth-order valence-electron chi connectivity index (χ4n) is 2.99. The highest BCUT2D eigenvalue weighted by Crippen LogP contribution is 2.25. The Morgan fingerprint density at radius 3 is 2.75 bits per heavy atom. The Morgan fingerprint density at radius 2 is 2.04 bits per heavy atom. The number of aromatic nitrogens is 1. The number of benzene rings is 1. The lowest BCUT2D eigenvalue weighted by Gasteiger charge is -2.29. The molecule has 0 unspecified atom stereocenters. The minimum atomic E-state index is -3.38. The summed E-state index contributed by atoms with van der Waals surface area (Å²) in [5.41, 5.74) is 1.10. The monoisotopic (exact) mass is 353 g/mol. The van der Waals surface area contributed by atoms with Crippen LogP contribution in [0.15, 0.2) is 23.0 Å². The SMILES string of the molecule is CN(C)CCS(=O)(=O)N1CCc2c([nH]c(=O)c3cc(F)ccc23)C1. The van der Waals surface area contributed by atoms with Gasteiger partial charge in [0.05, 0.1) is 17.7 Å². The van der Waals surface area contributed by atoms with E-state index < -0.39 is 21.4 Å². The molecule has 0 radical (unpaired) electrons. The number of nitrogens with zero attached hydrogens (tertiary/aromatic N) is 2. The third kappa shape index (κ3) is 3.22. The van der Waals surface area contributed by atoms with Gasteiger partial charge in [-0.25, -0.2) is 12.8 Å². The second-order valence-electron chi connectivity index (χ2n) is 6.30. The summed E-state index contributed by atoms with van der Waals surface area (Å²) in [6.07, 6.45) is 0.495. The Morgan fingerprint density at radius 1 is 1.29 bits per heavy atom. The van der Waals surface area contributed by atoms with Crippen LogP contribution in [0, 0.1) is 5.82 Å². The van der Waals surface area contributed by atoms with E-state index in [-0.39, 0.29) is 12.3 Å². The van der Waals surface area contributed by atoms with Gasteiger partial charge in [-0.05, 0) is 43.6 Å². The van der Waals surface area contributed by atoms with E-state index in [1.54, 1.807) is 6.07 Å². The first-order valence-electron chi connectivity index (χ1n) is 7.74. The lowest BCUT2D eigenvalue weighted by molar-refractivity contribution is 0.376. The molecule has 1 aliphatic rings. The molecule has 1 aromatic carbocycles. The minimum Gasteiger partial charge on any atom is -0.324 e. The molecule has 0 saturated carbocycles. The number of pyridine rings is 1. The van der Waals surface area contributed by atoms with Gasteiger partial charge >= 0.3 is 0 Å². The van der Waals surface area contributed by atoms with Gasteiger partial charge in [0.15, 0.2) is 0 Å². The van der Waals surface area contributed by atoms with Crippen LogP contribution in [-0.2, 0) is 23.0 Å². The molecule has 1 aromatic heterocycles. The molecule has 1 N–H and O–H groups in total. The molecule has 0 bridgehead atoms. The molecule has 1 aliphatic heterocycles. The molecule has 0 amide bonds. The number of fused-ring (bicyclic) bond motifs is 3. The van der Waals surface area contributed by atoms with Gasteiger partial charge in [0.1, 0.15) is 5.82 Å². The first-order valence-corrected chi connectivity index (χ1v) is 9.35. The molecule has 2 heterocycles. The molecule has 130 valence electrons. The second-order valence-corrected chi connectivity index (χ2v) is 8.39. The van der Waals surface area contributed by atoms with Crippen molar-refractivity contribution in [1.82, 2.24) is 14.2 Å². The second kappa shape index (κ2) is 6.27. The summed E-state index contributed by atoms with van der Waals surface area (Å²) in [5, 5.41) is 0.998. The lowest BCUT2D eigenvalue weighted by atomic mass is 9.99. The van der Waals surface area contributed by atoms with Gasteiger partial charge in [0.25, 0.3) is 5.56 Å². The zero-order chi connectivity index (χ0) is 17.5. The number of nitrogens with one attached hydrogen (secondary N) is 1. The van der Waals surface area contributed by atoms with Crippen LogP contribution in [0.2, 0.25) is 0 Å². The molecule has 3 rings (SSSR count). The third-order valence-corrected chi connectivity index (χ3v) is 6.11.